The molecule has 0 saturated carbocycles. The molecule has 4 heteroatoms. The van der Waals surface area contributed by atoms with E-state index < -0.39 is 0 Å². The number of fused-ring (bicyclic) bond motifs is 1. The minimum absolute atomic E-state index is 0.133. The Kier molecular flexibility index (Phi) is 4.56. The maximum absolute atomic E-state index is 12.4. The van der Waals surface area contributed by atoms with Crippen LogP contribution in [0.4, 0.5) is 5.69 Å². The number of benzene rings is 1. The van der Waals surface area contributed by atoms with Gasteiger partial charge in [0.1, 0.15) is 0 Å². The Morgan fingerprint density at radius 3 is 2.89 bits per heavy atom. The minimum Gasteiger partial charge on any atom is -0.310 e. The molecule has 0 bridgehead atoms. The lowest BCUT2D eigenvalue weighted by atomic mass is 10.2. The van der Waals surface area contributed by atoms with Gasteiger partial charge in [0, 0.05) is 25.3 Å². The Labute approximate surface area is 115 Å². The second-order valence-corrected chi connectivity index (χ2v) is 5.35. The van der Waals surface area contributed by atoms with E-state index >= 15 is 0 Å². The number of amides is 1. The van der Waals surface area contributed by atoms with Gasteiger partial charge in [-0.2, -0.15) is 0 Å². The number of hydrogen-bond acceptors (Lipinski definition) is 3. The van der Waals surface area contributed by atoms with E-state index in [2.05, 4.69) is 16.3 Å². The quantitative estimate of drug-likeness (QED) is 0.862. The third-order valence-electron chi connectivity index (χ3n) is 3.53. The van der Waals surface area contributed by atoms with E-state index in [1.165, 1.54) is 5.56 Å². The highest BCUT2D eigenvalue weighted by Gasteiger charge is 2.27. The van der Waals surface area contributed by atoms with Gasteiger partial charge in [-0.25, -0.2) is 0 Å². The molecule has 104 valence electrons. The Balaban J connectivity index is 1.94. The van der Waals surface area contributed by atoms with Gasteiger partial charge in [-0.15, -0.1) is 0 Å². The number of para-hydroxylation sites is 1. The Hall–Kier alpha value is -1.39. The van der Waals surface area contributed by atoms with Crippen LogP contribution in [0.15, 0.2) is 24.3 Å². The highest BCUT2D eigenvalue weighted by atomic mass is 16.2. The van der Waals surface area contributed by atoms with Gasteiger partial charge in [0.05, 0.1) is 6.04 Å². The SMILES string of the molecule is C[C@@H](NCCN(C)C)C(=O)N1CCc2ccccc21. The van der Waals surface area contributed by atoms with Gasteiger partial charge in [0.25, 0.3) is 0 Å². The van der Waals surface area contributed by atoms with Gasteiger partial charge >= 0.3 is 0 Å². The number of nitrogens with one attached hydrogen (secondary N) is 1. The van der Waals surface area contributed by atoms with Crippen LogP contribution >= 0.6 is 0 Å². The summed E-state index contributed by atoms with van der Waals surface area (Å²) < 4.78 is 0. The molecule has 19 heavy (non-hydrogen) atoms. The molecule has 4 nitrogen and oxygen atoms in total. The summed E-state index contributed by atoms with van der Waals surface area (Å²) in [5.41, 5.74) is 2.35. The van der Waals surface area contributed by atoms with Crippen LogP contribution < -0.4 is 10.2 Å². The molecule has 0 aliphatic carbocycles. The van der Waals surface area contributed by atoms with Crippen LogP contribution in [0.3, 0.4) is 0 Å². The fourth-order valence-corrected chi connectivity index (χ4v) is 2.39. The largest absolute Gasteiger partial charge is 0.310 e. The van der Waals surface area contributed by atoms with E-state index in [0.717, 1.165) is 31.7 Å². The Morgan fingerprint density at radius 1 is 1.42 bits per heavy atom. The average Bonchev–Trinajstić information content (AvgIpc) is 2.81. The molecule has 1 N–H and O–H groups in total. The van der Waals surface area contributed by atoms with E-state index in [4.69, 9.17) is 0 Å². The first kappa shape index (κ1) is 14.0. The van der Waals surface area contributed by atoms with Crippen molar-refractivity contribution in [3.63, 3.8) is 0 Å². The van der Waals surface area contributed by atoms with Crippen LogP contribution in [0.5, 0.6) is 0 Å². The zero-order chi connectivity index (χ0) is 13.8. The molecular weight excluding hydrogens is 238 g/mol. The molecule has 1 amide bonds. The maximum Gasteiger partial charge on any atom is 0.243 e. The standard InChI is InChI=1S/C15H23N3O/c1-12(16-9-11-17(2)3)15(19)18-10-8-13-6-4-5-7-14(13)18/h4-7,12,16H,8-11H2,1-3H3/t12-/m1/s1. The lowest BCUT2D eigenvalue weighted by Gasteiger charge is -2.23. The van der Waals surface area contributed by atoms with Gasteiger partial charge in [-0.05, 0) is 39.1 Å². The van der Waals surface area contributed by atoms with Crippen LogP contribution in [-0.2, 0) is 11.2 Å². The van der Waals surface area contributed by atoms with Crippen molar-refractivity contribution in [2.45, 2.75) is 19.4 Å². The first-order valence-electron chi connectivity index (χ1n) is 6.87. The first-order valence-corrected chi connectivity index (χ1v) is 6.87. The van der Waals surface area contributed by atoms with Crippen molar-refractivity contribution in [1.82, 2.24) is 10.2 Å². The second kappa shape index (κ2) is 6.17. The average molecular weight is 261 g/mol. The smallest absolute Gasteiger partial charge is 0.243 e. The Bertz CT molecular complexity index is 445. The summed E-state index contributed by atoms with van der Waals surface area (Å²) in [6.45, 7) is 4.51. The fraction of sp³-hybridized carbons (Fsp3) is 0.533. The van der Waals surface area contributed by atoms with Crippen LogP contribution in [0, 0.1) is 0 Å². The molecule has 2 rings (SSSR count). The summed E-state index contributed by atoms with van der Waals surface area (Å²) in [7, 11) is 4.07. The highest BCUT2D eigenvalue weighted by Crippen LogP contribution is 2.27. The third kappa shape index (κ3) is 3.33. The predicted octanol–water partition coefficient (Wildman–Crippen LogP) is 1.12. The number of rotatable bonds is 5. The molecule has 1 heterocycles. The number of hydrogen-bond donors (Lipinski definition) is 1. The van der Waals surface area contributed by atoms with E-state index in [9.17, 15) is 4.79 Å². The molecule has 0 radical (unpaired) electrons. The molecule has 0 saturated heterocycles. The first-order chi connectivity index (χ1) is 9.09. The number of likely N-dealkylation sites (N-methyl/N-ethyl adjacent to an activating group) is 1. The molecule has 0 spiro atoms. The van der Waals surface area contributed by atoms with Crippen LogP contribution in [-0.4, -0.2) is 50.6 Å². The van der Waals surface area contributed by atoms with Crippen molar-refractivity contribution in [3.8, 4) is 0 Å². The molecule has 1 aliphatic heterocycles. The number of carbonyl (C=O) groups is 1. The number of carbonyl (C=O) groups excluding carboxylic acids is 1. The van der Waals surface area contributed by atoms with Crippen molar-refractivity contribution in [2.75, 3.05) is 38.6 Å². The van der Waals surface area contributed by atoms with E-state index in [-0.39, 0.29) is 11.9 Å². The molecule has 0 unspecified atom stereocenters. The topological polar surface area (TPSA) is 35.6 Å². The molecule has 1 aliphatic rings. The van der Waals surface area contributed by atoms with E-state index in [1.807, 2.05) is 44.1 Å². The zero-order valence-electron chi connectivity index (χ0n) is 12.0. The molecule has 1 aromatic rings. The fourth-order valence-electron chi connectivity index (χ4n) is 2.39. The minimum atomic E-state index is -0.133. The van der Waals surface area contributed by atoms with Crippen molar-refractivity contribution in [1.29, 1.82) is 0 Å². The summed E-state index contributed by atoms with van der Waals surface area (Å²) in [6.07, 6.45) is 0.965. The molecule has 1 atom stereocenters. The molecule has 0 fully saturated rings. The number of nitrogens with zero attached hydrogens (tertiary/aromatic N) is 2. The molecule has 0 aromatic heterocycles. The van der Waals surface area contributed by atoms with Crippen molar-refractivity contribution < 1.29 is 4.79 Å². The van der Waals surface area contributed by atoms with Crippen LogP contribution in [0.2, 0.25) is 0 Å². The van der Waals surface area contributed by atoms with Crippen molar-refractivity contribution in [2.24, 2.45) is 0 Å². The van der Waals surface area contributed by atoms with Crippen LogP contribution in [0.1, 0.15) is 12.5 Å². The predicted molar refractivity (Wildman–Crippen MR) is 78.5 cm³/mol. The van der Waals surface area contributed by atoms with E-state index in [1.54, 1.807) is 0 Å². The summed E-state index contributed by atoms with van der Waals surface area (Å²) >= 11 is 0. The number of anilines is 1. The van der Waals surface area contributed by atoms with E-state index in [0.29, 0.717) is 0 Å². The lowest BCUT2D eigenvalue weighted by Crippen LogP contribution is -2.46. The second-order valence-electron chi connectivity index (χ2n) is 5.35. The Morgan fingerprint density at radius 2 is 2.16 bits per heavy atom. The van der Waals surface area contributed by atoms with Gasteiger partial charge in [-0.3, -0.25) is 4.79 Å². The van der Waals surface area contributed by atoms with Gasteiger partial charge < -0.3 is 15.1 Å². The van der Waals surface area contributed by atoms with Crippen molar-refractivity contribution in [3.05, 3.63) is 29.8 Å². The zero-order valence-corrected chi connectivity index (χ0v) is 12.0. The highest BCUT2D eigenvalue weighted by molar-refractivity contribution is 5.98. The van der Waals surface area contributed by atoms with Crippen molar-refractivity contribution >= 4 is 11.6 Å². The molecular formula is C15H23N3O. The van der Waals surface area contributed by atoms with Gasteiger partial charge in [0.2, 0.25) is 5.91 Å². The van der Waals surface area contributed by atoms with Gasteiger partial charge in [0.15, 0.2) is 0 Å². The molecule has 1 aromatic carbocycles. The summed E-state index contributed by atoms with van der Waals surface area (Å²) in [4.78, 5) is 16.4. The summed E-state index contributed by atoms with van der Waals surface area (Å²) in [6, 6.07) is 8.03. The monoisotopic (exact) mass is 261 g/mol. The van der Waals surface area contributed by atoms with Crippen LogP contribution in [0.25, 0.3) is 0 Å². The maximum atomic E-state index is 12.4. The third-order valence-corrected chi connectivity index (χ3v) is 3.53. The summed E-state index contributed by atoms with van der Waals surface area (Å²) in [5, 5.41) is 3.29. The summed E-state index contributed by atoms with van der Waals surface area (Å²) in [5.74, 6) is 0.170. The lowest BCUT2D eigenvalue weighted by molar-refractivity contribution is -0.120. The normalized spacial score (nSPS) is 15.7. The van der Waals surface area contributed by atoms with Gasteiger partial charge in [-0.1, -0.05) is 18.2 Å².